The Balaban J connectivity index is 2.40. The molecule has 18 heavy (non-hydrogen) atoms. The first-order valence-corrected chi connectivity index (χ1v) is 5.90. The summed E-state index contributed by atoms with van der Waals surface area (Å²) in [6.45, 7) is 0. The Bertz CT molecular complexity index is 618. The number of imidazole rings is 1. The number of H-pyrrole nitrogens is 1. The molecular weight excluding hydrogens is 301 g/mol. The molecule has 1 aromatic carbocycles. The number of aromatic amines is 1. The first kappa shape index (κ1) is 12.6. The Kier molecular flexibility index (Phi) is 3.63. The van der Waals surface area contributed by atoms with E-state index in [1.165, 1.54) is 19.2 Å². The number of rotatable bonds is 3. The Labute approximate surface area is 112 Å². The molecule has 2 aromatic rings. The SMILES string of the molecule is COc1ccc(-c2nc(Br)c(CC#N)[nH]2)cc1F. The van der Waals surface area contributed by atoms with Crippen molar-refractivity contribution >= 4 is 15.9 Å². The van der Waals surface area contributed by atoms with Crippen molar-refractivity contribution in [3.8, 4) is 23.2 Å². The number of benzene rings is 1. The summed E-state index contributed by atoms with van der Waals surface area (Å²) in [5.41, 5.74) is 1.27. The van der Waals surface area contributed by atoms with Crippen LogP contribution < -0.4 is 4.74 Å². The van der Waals surface area contributed by atoms with Crippen LogP contribution in [0, 0.1) is 17.1 Å². The summed E-state index contributed by atoms with van der Waals surface area (Å²) >= 11 is 3.25. The van der Waals surface area contributed by atoms with Crippen molar-refractivity contribution in [2.75, 3.05) is 7.11 Å². The molecule has 0 fully saturated rings. The van der Waals surface area contributed by atoms with Crippen LogP contribution >= 0.6 is 15.9 Å². The van der Waals surface area contributed by atoms with Gasteiger partial charge in [0.1, 0.15) is 10.4 Å². The molecule has 2 rings (SSSR count). The molecule has 0 unspecified atom stereocenters. The Hall–Kier alpha value is -1.87. The van der Waals surface area contributed by atoms with E-state index in [2.05, 4.69) is 25.9 Å². The normalized spacial score (nSPS) is 10.1. The van der Waals surface area contributed by atoms with Crippen LogP contribution in [-0.2, 0) is 6.42 Å². The molecule has 4 nitrogen and oxygen atoms in total. The predicted octanol–water partition coefficient (Wildman–Crippen LogP) is 3.05. The van der Waals surface area contributed by atoms with Gasteiger partial charge in [-0.05, 0) is 34.1 Å². The Morgan fingerprint density at radius 3 is 2.94 bits per heavy atom. The van der Waals surface area contributed by atoms with Crippen LogP contribution in [0.25, 0.3) is 11.4 Å². The lowest BCUT2D eigenvalue weighted by Gasteiger charge is -2.02. The highest BCUT2D eigenvalue weighted by molar-refractivity contribution is 9.10. The van der Waals surface area contributed by atoms with E-state index in [9.17, 15) is 4.39 Å². The van der Waals surface area contributed by atoms with Crippen LogP contribution in [0.4, 0.5) is 4.39 Å². The third kappa shape index (κ3) is 2.36. The van der Waals surface area contributed by atoms with Crippen LogP contribution in [0.15, 0.2) is 22.8 Å². The van der Waals surface area contributed by atoms with Gasteiger partial charge < -0.3 is 9.72 Å². The molecule has 1 aromatic heterocycles. The lowest BCUT2D eigenvalue weighted by molar-refractivity contribution is 0.386. The lowest BCUT2D eigenvalue weighted by atomic mass is 10.2. The summed E-state index contributed by atoms with van der Waals surface area (Å²) in [5, 5.41) is 8.64. The molecule has 0 amide bonds. The summed E-state index contributed by atoms with van der Waals surface area (Å²) in [7, 11) is 1.41. The van der Waals surface area contributed by atoms with E-state index in [-0.39, 0.29) is 12.2 Å². The standard InChI is InChI=1S/C12H9BrFN3O/c1-18-10-3-2-7(6-8(10)14)12-16-9(4-5-15)11(13)17-12/h2-3,6H,4H2,1H3,(H,16,17). The average Bonchev–Trinajstić information content (AvgIpc) is 2.71. The molecule has 0 spiro atoms. The number of methoxy groups -OCH3 is 1. The second-order valence-corrected chi connectivity index (χ2v) is 4.29. The smallest absolute Gasteiger partial charge is 0.165 e. The van der Waals surface area contributed by atoms with E-state index in [1.54, 1.807) is 6.07 Å². The highest BCUT2D eigenvalue weighted by Gasteiger charge is 2.11. The number of nitrogens with zero attached hydrogens (tertiary/aromatic N) is 2. The van der Waals surface area contributed by atoms with Crippen LogP contribution in [-0.4, -0.2) is 17.1 Å². The molecule has 1 N–H and O–H groups in total. The van der Waals surface area contributed by atoms with Gasteiger partial charge in [0, 0.05) is 5.56 Å². The van der Waals surface area contributed by atoms with Gasteiger partial charge in [-0.3, -0.25) is 0 Å². The van der Waals surface area contributed by atoms with Crippen LogP contribution in [0.3, 0.4) is 0 Å². The van der Waals surface area contributed by atoms with Gasteiger partial charge in [-0.1, -0.05) is 0 Å². The van der Waals surface area contributed by atoms with Gasteiger partial charge >= 0.3 is 0 Å². The van der Waals surface area contributed by atoms with Gasteiger partial charge in [-0.2, -0.15) is 5.26 Å². The maximum absolute atomic E-state index is 13.6. The third-order valence-corrected chi connectivity index (χ3v) is 3.07. The van der Waals surface area contributed by atoms with Crippen LogP contribution in [0.1, 0.15) is 5.69 Å². The van der Waals surface area contributed by atoms with E-state index in [0.29, 0.717) is 21.7 Å². The van der Waals surface area contributed by atoms with Crippen molar-refractivity contribution in [2.24, 2.45) is 0 Å². The van der Waals surface area contributed by atoms with Gasteiger partial charge in [-0.15, -0.1) is 0 Å². The average molecular weight is 310 g/mol. The van der Waals surface area contributed by atoms with Gasteiger partial charge in [0.2, 0.25) is 0 Å². The molecule has 0 aliphatic rings. The van der Waals surface area contributed by atoms with Crippen LogP contribution in [0.5, 0.6) is 5.75 Å². The molecule has 92 valence electrons. The number of nitrogens with one attached hydrogen (secondary N) is 1. The number of halogens is 2. The highest BCUT2D eigenvalue weighted by Crippen LogP contribution is 2.26. The molecule has 0 aliphatic heterocycles. The number of hydrogen-bond acceptors (Lipinski definition) is 3. The van der Waals surface area contributed by atoms with E-state index in [0.717, 1.165) is 0 Å². The topological polar surface area (TPSA) is 61.7 Å². The maximum Gasteiger partial charge on any atom is 0.165 e. The van der Waals surface area contributed by atoms with E-state index >= 15 is 0 Å². The minimum absolute atomic E-state index is 0.182. The molecular formula is C12H9BrFN3O. The fourth-order valence-corrected chi connectivity index (χ4v) is 1.95. The fourth-order valence-electron chi connectivity index (χ4n) is 1.53. The molecule has 0 aliphatic carbocycles. The van der Waals surface area contributed by atoms with Crippen molar-refractivity contribution < 1.29 is 9.13 Å². The summed E-state index contributed by atoms with van der Waals surface area (Å²) in [5.74, 6) is 0.236. The number of ether oxygens (including phenoxy) is 1. The first-order valence-electron chi connectivity index (χ1n) is 5.11. The maximum atomic E-state index is 13.6. The molecule has 1 heterocycles. The Morgan fingerprint density at radius 2 is 2.33 bits per heavy atom. The second kappa shape index (κ2) is 5.19. The zero-order valence-corrected chi connectivity index (χ0v) is 11.1. The molecule has 0 bridgehead atoms. The third-order valence-electron chi connectivity index (χ3n) is 2.41. The van der Waals surface area contributed by atoms with Gasteiger partial charge in [0.05, 0.1) is 25.3 Å². The summed E-state index contributed by atoms with van der Waals surface area (Å²) in [4.78, 5) is 7.17. The number of aromatic nitrogens is 2. The fraction of sp³-hybridized carbons (Fsp3) is 0.167. The minimum Gasteiger partial charge on any atom is -0.494 e. The Morgan fingerprint density at radius 1 is 1.56 bits per heavy atom. The van der Waals surface area contributed by atoms with Crippen molar-refractivity contribution in [3.63, 3.8) is 0 Å². The first-order chi connectivity index (χ1) is 8.65. The van der Waals surface area contributed by atoms with Crippen LogP contribution in [0.2, 0.25) is 0 Å². The van der Waals surface area contributed by atoms with E-state index < -0.39 is 5.82 Å². The molecule has 0 saturated carbocycles. The molecule has 6 heteroatoms. The molecule has 0 saturated heterocycles. The zero-order valence-electron chi connectivity index (χ0n) is 9.50. The molecule has 0 radical (unpaired) electrons. The van der Waals surface area contributed by atoms with Crippen molar-refractivity contribution in [1.29, 1.82) is 5.26 Å². The second-order valence-electron chi connectivity index (χ2n) is 3.54. The van der Waals surface area contributed by atoms with E-state index in [1.807, 2.05) is 6.07 Å². The number of hydrogen-bond donors (Lipinski definition) is 1. The zero-order chi connectivity index (χ0) is 13.1. The quantitative estimate of drug-likeness (QED) is 0.948. The highest BCUT2D eigenvalue weighted by atomic mass is 79.9. The summed E-state index contributed by atoms with van der Waals surface area (Å²) in [6.07, 6.45) is 0.215. The monoisotopic (exact) mass is 309 g/mol. The van der Waals surface area contributed by atoms with Gasteiger partial charge in [0.25, 0.3) is 0 Å². The lowest BCUT2D eigenvalue weighted by Crippen LogP contribution is -1.89. The minimum atomic E-state index is -0.454. The summed E-state index contributed by atoms with van der Waals surface area (Å²) < 4.78 is 19.0. The molecule has 0 atom stereocenters. The van der Waals surface area contributed by atoms with Crippen molar-refractivity contribution in [3.05, 3.63) is 34.3 Å². The van der Waals surface area contributed by atoms with E-state index in [4.69, 9.17) is 10.00 Å². The largest absolute Gasteiger partial charge is 0.494 e. The predicted molar refractivity (Wildman–Crippen MR) is 67.6 cm³/mol. The number of nitriles is 1. The van der Waals surface area contributed by atoms with Gasteiger partial charge in [-0.25, -0.2) is 9.37 Å². The van der Waals surface area contributed by atoms with Crippen molar-refractivity contribution in [1.82, 2.24) is 9.97 Å². The van der Waals surface area contributed by atoms with Crippen molar-refractivity contribution in [2.45, 2.75) is 6.42 Å². The van der Waals surface area contributed by atoms with Gasteiger partial charge in [0.15, 0.2) is 11.6 Å². The summed E-state index contributed by atoms with van der Waals surface area (Å²) in [6, 6.07) is 6.59.